The van der Waals surface area contributed by atoms with E-state index in [4.69, 9.17) is 5.11 Å². The molecule has 4 rings (SSSR count). The van der Waals surface area contributed by atoms with E-state index < -0.39 is 18.2 Å². The van der Waals surface area contributed by atoms with Crippen molar-refractivity contribution < 1.29 is 25.2 Å². The maximum Gasteiger partial charge on any atom is 0.303 e. The second kappa shape index (κ2) is 7.49. The molecule has 5 nitrogen and oxygen atoms in total. The highest BCUT2D eigenvalue weighted by atomic mass is 16.4. The highest BCUT2D eigenvalue weighted by molar-refractivity contribution is 5.66. The average Bonchev–Trinajstić information content (AvgIpc) is 2.99. The Morgan fingerprint density at radius 2 is 1.76 bits per heavy atom. The van der Waals surface area contributed by atoms with Crippen LogP contribution in [0, 0.1) is 46.3 Å². The smallest absolute Gasteiger partial charge is 0.303 e. The zero-order chi connectivity index (χ0) is 21.1. The third-order valence-corrected chi connectivity index (χ3v) is 10.3. The fourth-order valence-electron chi connectivity index (χ4n) is 8.80. The van der Waals surface area contributed by atoms with Gasteiger partial charge in [0.2, 0.25) is 0 Å². The minimum Gasteiger partial charge on any atom is -0.481 e. The number of rotatable bonds is 4. The number of carboxylic acid groups (broad SMARTS) is 1. The number of hydrogen-bond acceptors (Lipinski definition) is 4. The minimum atomic E-state index is -0.713. The second-order valence-electron chi connectivity index (χ2n) is 11.4. The molecule has 166 valence electrons. The van der Waals surface area contributed by atoms with Gasteiger partial charge < -0.3 is 20.4 Å². The van der Waals surface area contributed by atoms with E-state index >= 15 is 0 Å². The number of fused-ring (bicyclic) bond motifs is 5. The van der Waals surface area contributed by atoms with Crippen molar-refractivity contribution in [2.24, 2.45) is 46.3 Å². The second-order valence-corrected chi connectivity index (χ2v) is 11.4. The van der Waals surface area contributed by atoms with Crippen molar-refractivity contribution in [2.45, 2.75) is 96.9 Å². The zero-order valence-electron chi connectivity index (χ0n) is 18.3. The molecule has 0 bridgehead atoms. The zero-order valence-corrected chi connectivity index (χ0v) is 18.3. The molecule has 0 spiro atoms. The summed E-state index contributed by atoms with van der Waals surface area (Å²) in [5, 5.41) is 41.6. The first-order chi connectivity index (χ1) is 13.6. The summed E-state index contributed by atoms with van der Waals surface area (Å²) in [5.41, 5.74) is -0.0557. The lowest BCUT2D eigenvalue weighted by molar-refractivity contribution is -0.212. The summed E-state index contributed by atoms with van der Waals surface area (Å²) in [6.45, 7) is 6.83. The molecule has 0 aliphatic heterocycles. The normalized spacial score (nSPS) is 52.9. The maximum atomic E-state index is 11.3. The topological polar surface area (TPSA) is 98.0 Å². The van der Waals surface area contributed by atoms with E-state index in [1.807, 2.05) is 0 Å². The number of carboxylic acids is 1. The Hall–Kier alpha value is -0.650. The summed E-state index contributed by atoms with van der Waals surface area (Å²) in [5.74, 6) is 1.36. The molecule has 0 aromatic carbocycles. The van der Waals surface area contributed by atoms with E-state index in [2.05, 4.69) is 20.8 Å². The van der Waals surface area contributed by atoms with Gasteiger partial charge in [-0.05, 0) is 97.7 Å². The van der Waals surface area contributed by atoms with Crippen LogP contribution < -0.4 is 0 Å². The van der Waals surface area contributed by atoms with Gasteiger partial charge >= 0.3 is 5.97 Å². The average molecular weight is 409 g/mol. The summed E-state index contributed by atoms with van der Waals surface area (Å²) in [7, 11) is 0. The Kier molecular flexibility index (Phi) is 5.57. The van der Waals surface area contributed by atoms with Gasteiger partial charge in [-0.25, -0.2) is 0 Å². The molecule has 0 heterocycles. The monoisotopic (exact) mass is 408 g/mol. The van der Waals surface area contributed by atoms with Crippen LogP contribution in [0.3, 0.4) is 0 Å². The van der Waals surface area contributed by atoms with Crippen molar-refractivity contribution in [3.05, 3.63) is 0 Å². The molecule has 4 aliphatic carbocycles. The SMILES string of the molecule is C[C@H](CCC(=O)O)[C@H]1CC[C@@H]2[C@@H]3[C@H](O)C[C@@H]4C[C@H](O)C[C@H](O)[C@]4(C)[C@H]3CC[C@@]21C. The number of hydrogen-bond donors (Lipinski definition) is 4. The molecule has 0 unspecified atom stereocenters. The van der Waals surface area contributed by atoms with Crippen LogP contribution in [0.25, 0.3) is 0 Å². The summed E-state index contributed by atoms with van der Waals surface area (Å²) >= 11 is 0. The molecule has 4 N–H and O–H groups in total. The van der Waals surface area contributed by atoms with Gasteiger partial charge in [-0.3, -0.25) is 4.79 Å². The van der Waals surface area contributed by atoms with Gasteiger partial charge in [-0.1, -0.05) is 20.8 Å². The molecule has 0 radical (unpaired) electrons. The summed E-state index contributed by atoms with van der Waals surface area (Å²) < 4.78 is 0. The van der Waals surface area contributed by atoms with E-state index in [9.17, 15) is 20.1 Å². The van der Waals surface area contributed by atoms with Gasteiger partial charge in [0.05, 0.1) is 18.3 Å². The first kappa shape index (κ1) is 21.6. The Bertz CT molecular complexity index is 637. The van der Waals surface area contributed by atoms with E-state index in [0.29, 0.717) is 42.9 Å². The van der Waals surface area contributed by atoms with Crippen LogP contribution in [0.2, 0.25) is 0 Å². The Labute approximate surface area is 174 Å². The molecule has 11 atom stereocenters. The van der Waals surface area contributed by atoms with Crippen LogP contribution in [-0.4, -0.2) is 44.7 Å². The molecule has 4 saturated carbocycles. The molecule has 4 fully saturated rings. The quantitative estimate of drug-likeness (QED) is 0.571. The van der Waals surface area contributed by atoms with Crippen LogP contribution >= 0.6 is 0 Å². The molecule has 5 heteroatoms. The third kappa shape index (κ3) is 3.27. The van der Waals surface area contributed by atoms with Crippen LogP contribution in [0.15, 0.2) is 0 Å². The van der Waals surface area contributed by atoms with Gasteiger partial charge in [0.15, 0.2) is 0 Å². The number of aliphatic carboxylic acids is 1. The fraction of sp³-hybridized carbons (Fsp3) is 0.958. The highest BCUT2D eigenvalue weighted by Gasteiger charge is 2.64. The highest BCUT2D eigenvalue weighted by Crippen LogP contribution is 2.68. The third-order valence-electron chi connectivity index (χ3n) is 10.3. The predicted octanol–water partition coefficient (Wildman–Crippen LogP) is 3.45. The van der Waals surface area contributed by atoms with Gasteiger partial charge in [-0.15, -0.1) is 0 Å². The van der Waals surface area contributed by atoms with E-state index in [0.717, 1.165) is 32.1 Å². The summed E-state index contributed by atoms with van der Waals surface area (Å²) in [6, 6.07) is 0. The lowest BCUT2D eigenvalue weighted by atomic mass is 9.43. The van der Waals surface area contributed by atoms with Crippen molar-refractivity contribution in [1.82, 2.24) is 0 Å². The molecule has 0 aromatic heterocycles. The van der Waals surface area contributed by atoms with Crippen LogP contribution in [0.4, 0.5) is 0 Å². The minimum absolute atomic E-state index is 0.155. The number of aliphatic hydroxyl groups excluding tert-OH is 3. The number of carbonyl (C=O) groups is 1. The summed E-state index contributed by atoms with van der Waals surface area (Å²) in [4.78, 5) is 11.1. The van der Waals surface area contributed by atoms with Crippen LogP contribution in [0.5, 0.6) is 0 Å². The standard InChI is InChI=1S/C24H40O5/c1-13(4-7-21(28)29)16-5-6-17-22-18(8-9-23(16,17)2)24(3)14(11-19(22)26)10-15(25)12-20(24)27/h13-20,22,25-27H,4-12H2,1-3H3,(H,28,29)/t13-,14+,15+,16-,17-,18+,19-,20+,22+,23-,24+/m1/s1. The predicted molar refractivity (Wildman–Crippen MR) is 110 cm³/mol. The van der Waals surface area contributed by atoms with Crippen LogP contribution in [0.1, 0.15) is 78.6 Å². The summed E-state index contributed by atoms with van der Waals surface area (Å²) in [6.07, 6.45) is 5.88. The number of aliphatic hydroxyl groups is 3. The maximum absolute atomic E-state index is 11.3. The lowest BCUT2D eigenvalue weighted by Crippen LogP contribution is -2.62. The first-order valence-corrected chi connectivity index (χ1v) is 11.8. The van der Waals surface area contributed by atoms with Gasteiger partial charge in [0.25, 0.3) is 0 Å². The lowest BCUT2D eigenvalue weighted by Gasteiger charge is -2.63. The Morgan fingerprint density at radius 3 is 2.45 bits per heavy atom. The fourth-order valence-corrected chi connectivity index (χ4v) is 8.80. The van der Waals surface area contributed by atoms with Crippen molar-refractivity contribution >= 4 is 5.97 Å². The molecule has 4 aliphatic rings. The first-order valence-electron chi connectivity index (χ1n) is 11.8. The van der Waals surface area contributed by atoms with Gasteiger partial charge in [0.1, 0.15) is 0 Å². The van der Waals surface area contributed by atoms with Crippen molar-refractivity contribution in [3.8, 4) is 0 Å². The van der Waals surface area contributed by atoms with E-state index in [-0.39, 0.29) is 35.2 Å². The van der Waals surface area contributed by atoms with E-state index in [1.54, 1.807) is 0 Å². The molecular formula is C24H40O5. The van der Waals surface area contributed by atoms with Crippen LogP contribution in [-0.2, 0) is 4.79 Å². The Morgan fingerprint density at radius 1 is 1.03 bits per heavy atom. The molecule has 29 heavy (non-hydrogen) atoms. The molecular weight excluding hydrogens is 368 g/mol. The Balaban J connectivity index is 1.58. The van der Waals surface area contributed by atoms with E-state index in [1.165, 1.54) is 0 Å². The van der Waals surface area contributed by atoms with Crippen molar-refractivity contribution in [1.29, 1.82) is 0 Å². The molecule has 0 amide bonds. The van der Waals surface area contributed by atoms with Crippen molar-refractivity contribution in [2.75, 3.05) is 0 Å². The van der Waals surface area contributed by atoms with Gasteiger partial charge in [-0.2, -0.15) is 0 Å². The largest absolute Gasteiger partial charge is 0.481 e. The molecule has 0 aromatic rings. The van der Waals surface area contributed by atoms with Crippen molar-refractivity contribution in [3.63, 3.8) is 0 Å². The van der Waals surface area contributed by atoms with Gasteiger partial charge in [0, 0.05) is 6.42 Å². The molecule has 0 saturated heterocycles.